The number of likely N-dealkylation sites (tertiary alicyclic amines) is 1. The molecular formula is C13H19N3O. The van der Waals surface area contributed by atoms with Gasteiger partial charge in [-0.15, -0.1) is 0 Å². The van der Waals surface area contributed by atoms with Crippen LogP contribution in [-0.2, 0) is 6.54 Å². The molecule has 0 aliphatic carbocycles. The number of hydrogen-bond acceptors (Lipinski definition) is 3. The molecule has 0 aromatic heterocycles. The van der Waals surface area contributed by atoms with Gasteiger partial charge in [0.25, 0.3) is 5.91 Å². The smallest absolute Gasteiger partial charge is 0.265 e. The van der Waals surface area contributed by atoms with Crippen LogP contribution in [0.4, 0.5) is 0 Å². The van der Waals surface area contributed by atoms with Crippen LogP contribution in [0.3, 0.4) is 0 Å². The van der Waals surface area contributed by atoms with Gasteiger partial charge < -0.3 is 0 Å². The molecule has 4 nitrogen and oxygen atoms in total. The summed E-state index contributed by atoms with van der Waals surface area (Å²) in [5.41, 5.74) is 3.94. The van der Waals surface area contributed by atoms with Gasteiger partial charge in [-0.25, -0.2) is 5.84 Å². The average Bonchev–Trinajstić information content (AvgIpc) is 2.40. The number of nitrogens with two attached hydrogens (primary N) is 1. The predicted molar refractivity (Wildman–Crippen MR) is 67.2 cm³/mol. The van der Waals surface area contributed by atoms with Gasteiger partial charge in [0.05, 0.1) is 0 Å². The molecule has 1 aromatic carbocycles. The van der Waals surface area contributed by atoms with Gasteiger partial charge >= 0.3 is 0 Å². The van der Waals surface area contributed by atoms with E-state index in [1.807, 2.05) is 24.3 Å². The Kier molecular flexibility index (Phi) is 4.12. The largest absolute Gasteiger partial charge is 0.299 e. The molecule has 4 heteroatoms. The molecule has 0 unspecified atom stereocenters. The molecule has 0 spiro atoms. The van der Waals surface area contributed by atoms with Crippen LogP contribution in [0.25, 0.3) is 0 Å². The molecule has 1 aliphatic heterocycles. The lowest BCUT2D eigenvalue weighted by atomic mass is 10.0. The van der Waals surface area contributed by atoms with Crippen LogP contribution in [-0.4, -0.2) is 23.9 Å². The second kappa shape index (κ2) is 5.80. The number of nitrogen functional groups attached to an aromatic ring is 1. The van der Waals surface area contributed by atoms with Crippen molar-refractivity contribution < 1.29 is 4.79 Å². The minimum Gasteiger partial charge on any atom is -0.299 e. The highest BCUT2D eigenvalue weighted by atomic mass is 16.2. The zero-order valence-electron chi connectivity index (χ0n) is 9.98. The summed E-state index contributed by atoms with van der Waals surface area (Å²) in [5.74, 6) is 4.98. The third-order valence-corrected chi connectivity index (χ3v) is 3.24. The van der Waals surface area contributed by atoms with Gasteiger partial charge in [-0.1, -0.05) is 24.6 Å². The van der Waals surface area contributed by atoms with Crippen LogP contribution in [0.2, 0.25) is 0 Å². The highest BCUT2D eigenvalue weighted by Crippen LogP contribution is 2.15. The molecule has 1 amide bonds. The highest BCUT2D eigenvalue weighted by Gasteiger charge is 2.14. The normalized spacial score (nSPS) is 16.8. The standard InChI is InChI=1S/C13H19N3O/c14-15-13(17)12-7-3-2-6-11(12)10-16-8-4-1-5-9-16/h2-3,6-7H,1,4-5,8-10,14H2,(H,15,17). The lowest BCUT2D eigenvalue weighted by Crippen LogP contribution is -2.33. The Bertz CT molecular complexity index is 386. The molecule has 0 atom stereocenters. The number of amides is 1. The third-order valence-electron chi connectivity index (χ3n) is 3.24. The summed E-state index contributed by atoms with van der Waals surface area (Å²) in [4.78, 5) is 14.0. The number of nitrogens with one attached hydrogen (secondary N) is 1. The Morgan fingerprint density at radius 3 is 2.65 bits per heavy atom. The van der Waals surface area contributed by atoms with E-state index in [1.165, 1.54) is 19.3 Å². The average molecular weight is 233 g/mol. The van der Waals surface area contributed by atoms with E-state index in [4.69, 9.17) is 5.84 Å². The summed E-state index contributed by atoms with van der Waals surface area (Å²) in [6.07, 6.45) is 3.83. The summed E-state index contributed by atoms with van der Waals surface area (Å²) >= 11 is 0. The van der Waals surface area contributed by atoms with Crippen LogP contribution in [0.1, 0.15) is 35.2 Å². The Morgan fingerprint density at radius 1 is 1.24 bits per heavy atom. The fourth-order valence-corrected chi connectivity index (χ4v) is 2.32. The second-order valence-corrected chi connectivity index (χ2v) is 4.47. The van der Waals surface area contributed by atoms with Crippen LogP contribution in [0.15, 0.2) is 24.3 Å². The van der Waals surface area contributed by atoms with E-state index in [0.29, 0.717) is 5.56 Å². The van der Waals surface area contributed by atoms with E-state index in [0.717, 1.165) is 25.2 Å². The Hall–Kier alpha value is -1.39. The molecule has 0 radical (unpaired) electrons. The molecule has 1 fully saturated rings. The van der Waals surface area contributed by atoms with E-state index in [2.05, 4.69) is 10.3 Å². The number of benzene rings is 1. The number of piperidine rings is 1. The van der Waals surface area contributed by atoms with Gasteiger partial charge in [0.15, 0.2) is 0 Å². The Labute approximate surface area is 102 Å². The number of rotatable bonds is 3. The van der Waals surface area contributed by atoms with E-state index < -0.39 is 0 Å². The number of hydrogen-bond donors (Lipinski definition) is 2. The maximum absolute atomic E-state index is 11.6. The topological polar surface area (TPSA) is 58.4 Å². The molecule has 92 valence electrons. The number of carbonyl (C=O) groups is 1. The van der Waals surface area contributed by atoms with Crippen molar-refractivity contribution in [2.75, 3.05) is 13.1 Å². The Balaban J connectivity index is 2.11. The summed E-state index contributed by atoms with van der Waals surface area (Å²) < 4.78 is 0. The maximum atomic E-state index is 11.6. The number of nitrogens with zero attached hydrogens (tertiary/aromatic N) is 1. The van der Waals surface area contributed by atoms with Gasteiger partial charge in [0.2, 0.25) is 0 Å². The van der Waals surface area contributed by atoms with Crippen LogP contribution < -0.4 is 11.3 Å². The van der Waals surface area contributed by atoms with Crippen molar-refractivity contribution in [1.82, 2.24) is 10.3 Å². The highest BCUT2D eigenvalue weighted by molar-refractivity contribution is 5.95. The SMILES string of the molecule is NNC(=O)c1ccccc1CN1CCCCC1. The summed E-state index contributed by atoms with van der Waals surface area (Å²) in [6, 6.07) is 7.65. The zero-order chi connectivity index (χ0) is 12.1. The molecule has 1 saturated heterocycles. The molecule has 2 rings (SSSR count). The lowest BCUT2D eigenvalue weighted by molar-refractivity contribution is 0.0951. The Morgan fingerprint density at radius 2 is 1.94 bits per heavy atom. The van der Waals surface area contributed by atoms with Crippen LogP contribution in [0, 0.1) is 0 Å². The zero-order valence-corrected chi connectivity index (χ0v) is 9.98. The number of carbonyl (C=O) groups excluding carboxylic acids is 1. The van der Waals surface area contributed by atoms with Crippen LogP contribution in [0.5, 0.6) is 0 Å². The summed E-state index contributed by atoms with van der Waals surface area (Å²) in [5, 5.41) is 0. The molecule has 3 N–H and O–H groups in total. The van der Waals surface area contributed by atoms with E-state index in [-0.39, 0.29) is 5.91 Å². The first-order valence-electron chi connectivity index (χ1n) is 6.12. The lowest BCUT2D eigenvalue weighted by Gasteiger charge is -2.27. The van der Waals surface area contributed by atoms with E-state index in [1.54, 1.807) is 0 Å². The molecule has 1 aliphatic rings. The molecule has 0 bridgehead atoms. The monoisotopic (exact) mass is 233 g/mol. The first kappa shape index (κ1) is 12.1. The van der Waals surface area contributed by atoms with Crippen molar-refractivity contribution in [3.8, 4) is 0 Å². The van der Waals surface area contributed by atoms with Crippen molar-refractivity contribution in [1.29, 1.82) is 0 Å². The van der Waals surface area contributed by atoms with E-state index in [9.17, 15) is 4.79 Å². The first-order valence-corrected chi connectivity index (χ1v) is 6.12. The molecule has 1 aromatic rings. The second-order valence-electron chi connectivity index (χ2n) is 4.47. The fourth-order valence-electron chi connectivity index (χ4n) is 2.32. The summed E-state index contributed by atoms with van der Waals surface area (Å²) in [7, 11) is 0. The fraction of sp³-hybridized carbons (Fsp3) is 0.462. The van der Waals surface area contributed by atoms with Gasteiger partial charge in [-0.2, -0.15) is 0 Å². The number of hydrazine groups is 1. The van der Waals surface area contributed by atoms with Crippen LogP contribution >= 0.6 is 0 Å². The summed E-state index contributed by atoms with van der Waals surface area (Å²) in [6.45, 7) is 3.08. The first-order chi connectivity index (χ1) is 8.31. The molecule has 0 saturated carbocycles. The maximum Gasteiger partial charge on any atom is 0.265 e. The molecular weight excluding hydrogens is 214 g/mol. The van der Waals surface area contributed by atoms with Gasteiger partial charge in [0.1, 0.15) is 0 Å². The van der Waals surface area contributed by atoms with Crippen molar-refractivity contribution >= 4 is 5.91 Å². The van der Waals surface area contributed by atoms with Gasteiger partial charge in [-0.3, -0.25) is 15.1 Å². The van der Waals surface area contributed by atoms with Crippen molar-refractivity contribution in [3.05, 3.63) is 35.4 Å². The van der Waals surface area contributed by atoms with Crippen molar-refractivity contribution in [2.45, 2.75) is 25.8 Å². The quantitative estimate of drug-likeness (QED) is 0.469. The molecule has 17 heavy (non-hydrogen) atoms. The molecule has 1 heterocycles. The van der Waals surface area contributed by atoms with Gasteiger partial charge in [-0.05, 0) is 37.6 Å². The van der Waals surface area contributed by atoms with Gasteiger partial charge in [0, 0.05) is 12.1 Å². The third kappa shape index (κ3) is 3.05. The van der Waals surface area contributed by atoms with Crippen molar-refractivity contribution in [3.63, 3.8) is 0 Å². The van der Waals surface area contributed by atoms with Crippen molar-refractivity contribution in [2.24, 2.45) is 5.84 Å². The minimum absolute atomic E-state index is 0.211. The predicted octanol–water partition coefficient (Wildman–Crippen LogP) is 1.28. The van der Waals surface area contributed by atoms with E-state index >= 15 is 0 Å². The minimum atomic E-state index is -0.211.